The van der Waals surface area contributed by atoms with Crippen LogP contribution >= 0.6 is 0 Å². The minimum absolute atomic E-state index is 0.130. The molecule has 0 unspecified atom stereocenters. The van der Waals surface area contributed by atoms with Crippen LogP contribution in [0.15, 0.2) is 22.7 Å². The van der Waals surface area contributed by atoms with Crippen LogP contribution in [0.4, 0.5) is 5.69 Å². The number of anilines is 1. The maximum absolute atomic E-state index is 12.3. The number of benzene rings is 1. The van der Waals surface area contributed by atoms with Crippen LogP contribution < -0.4 is 5.32 Å². The highest BCUT2D eigenvalue weighted by Crippen LogP contribution is 2.22. The number of amides is 1. The van der Waals surface area contributed by atoms with Crippen molar-refractivity contribution in [1.29, 1.82) is 0 Å². The number of carbonyl (C=O) groups excluding carboxylic acids is 2. The van der Waals surface area contributed by atoms with Gasteiger partial charge >= 0.3 is 5.97 Å². The van der Waals surface area contributed by atoms with Gasteiger partial charge in [0.2, 0.25) is 5.91 Å². The molecule has 0 aliphatic carbocycles. The van der Waals surface area contributed by atoms with Crippen molar-refractivity contribution in [3.63, 3.8) is 0 Å². The summed E-state index contributed by atoms with van der Waals surface area (Å²) in [5.74, 6) is -0.0620. The van der Waals surface area contributed by atoms with Crippen LogP contribution in [0, 0.1) is 6.92 Å². The van der Waals surface area contributed by atoms with Gasteiger partial charge in [0.25, 0.3) is 5.89 Å². The molecule has 2 rings (SSSR count). The summed E-state index contributed by atoms with van der Waals surface area (Å²) in [7, 11) is 0. The van der Waals surface area contributed by atoms with E-state index in [0.29, 0.717) is 11.5 Å². The summed E-state index contributed by atoms with van der Waals surface area (Å²) < 4.78 is 10.3. The molecule has 0 spiro atoms. The Bertz CT molecular complexity index is 759. The third-order valence-electron chi connectivity index (χ3n) is 3.26. The lowest BCUT2D eigenvalue weighted by Crippen LogP contribution is -2.15. The SMILES string of the molecule is CC(=O)Nc1c(C)cccc1C(=O)OCc1nc(C(C)(C)C)no1. The van der Waals surface area contributed by atoms with Gasteiger partial charge < -0.3 is 14.6 Å². The molecular weight excluding hydrogens is 310 g/mol. The van der Waals surface area contributed by atoms with Crippen LogP contribution in [0.5, 0.6) is 0 Å². The predicted molar refractivity (Wildman–Crippen MR) is 87.6 cm³/mol. The molecule has 7 heteroatoms. The summed E-state index contributed by atoms with van der Waals surface area (Å²) in [6.07, 6.45) is 0. The molecule has 0 aliphatic rings. The van der Waals surface area contributed by atoms with E-state index < -0.39 is 5.97 Å². The normalized spacial score (nSPS) is 11.2. The van der Waals surface area contributed by atoms with Crippen molar-refractivity contribution in [2.45, 2.75) is 46.6 Å². The largest absolute Gasteiger partial charge is 0.452 e. The van der Waals surface area contributed by atoms with Crippen LogP contribution in [-0.4, -0.2) is 22.0 Å². The average Bonchev–Trinajstić information content (AvgIpc) is 2.95. The van der Waals surface area contributed by atoms with E-state index in [9.17, 15) is 9.59 Å². The van der Waals surface area contributed by atoms with Gasteiger partial charge in [0, 0.05) is 12.3 Å². The average molecular weight is 331 g/mol. The van der Waals surface area contributed by atoms with Gasteiger partial charge in [-0.05, 0) is 18.6 Å². The molecule has 7 nitrogen and oxygen atoms in total. The van der Waals surface area contributed by atoms with E-state index in [1.165, 1.54) is 6.92 Å². The standard InChI is InChI=1S/C17H21N3O4/c1-10-7-6-8-12(14(10)18-11(2)21)15(22)23-9-13-19-16(20-24-13)17(3,4)5/h6-8H,9H2,1-5H3,(H,18,21). The molecule has 0 radical (unpaired) electrons. The third kappa shape index (κ3) is 4.18. The van der Waals surface area contributed by atoms with Crippen molar-refractivity contribution in [2.75, 3.05) is 5.32 Å². The van der Waals surface area contributed by atoms with Gasteiger partial charge in [0.05, 0.1) is 11.3 Å². The van der Waals surface area contributed by atoms with Crippen molar-refractivity contribution < 1.29 is 18.8 Å². The number of aryl methyl sites for hydroxylation is 1. The Kier molecular flexibility index (Phi) is 5.02. The first-order chi connectivity index (χ1) is 11.2. The first kappa shape index (κ1) is 17.7. The molecule has 0 aliphatic heterocycles. The highest BCUT2D eigenvalue weighted by atomic mass is 16.6. The summed E-state index contributed by atoms with van der Waals surface area (Å²) in [5.41, 5.74) is 1.24. The third-order valence-corrected chi connectivity index (χ3v) is 3.26. The first-order valence-corrected chi connectivity index (χ1v) is 7.56. The van der Waals surface area contributed by atoms with E-state index in [0.717, 1.165) is 5.56 Å². The van der Waals surface area contributed by atoms with Gasteiger partial charge in [0.1, 0.15) is 0 Å². The van der Waals surface area contributed by atoms with Gasteiger partial charge in [-0.15, -0.1) is 0 Å². The molecule has 128 valence electrons. The van der Waals surface area contributed by atoms with Crippen LogP contribution in [0.3, 0.4) is 0 Å². The van der Waals surface area contributed by atoms with Crippen molar-refractivity contribution >= 4 is 17.6 Å². The van der Waals surface area contributed by atoms with E-state index in [1.54, 1.807) is 25.1 Å². The number of aromatic nitrogens is 2. The number of nitrogens with one attached hydrogen (secondary N) is 1. The van der Waals surface area contributed by atoms with Gasteiger partial charge in [-0.3, -0.25) is 4.79 Å². The topological polar surface area (TPSA) is 94.3 Å². The highest BCUT2D eigenvalue weighted by molar-refractivity contribution is 6.01. The Morgan fingerprint density at radius 1 is 1.29 bits per heavy atom. The van der Waals surface area contributed by atoms with Gasteiger partial charge in [-0.2, -0.15) is 4.98 Å². The van der Waals surface area contributed by atoms with Crippen molar-refractivity contribution in [3.8, 4) is 0 Å². The van der Waals surface area contributed by atoms with Gasteiger partial charge in [-0.25, -0.2) is 4.79 Å². The van der Waals surface area contributed by atoms with Crippen LogP contribution in [0.1, 0.15) is 55.3 Å². The number of hydrogen-bond donors (Lipinski definition) is 1. The Morgan fingerprint density at radius 2 is 2.00 bits per heavy atom. The number of esters is 1. The summed E-state index contributed by atoms with van der Waals surface area (Å²) >= 11 is 0. The van der Waals surface area contributed by atoms with Gasteiger partial charge in [0.15, 0.2) is 12.4 Å². The fourth-order valence-electron chi connectivity index (χ4n) is 2.00. The number of carbonyl (C=O) groups is 2. The minimum atomic E-state index is -0.571. The minimum Gasteiger partial charge on any atom is -0.452 e. The van der Waals surface area contributed by atoms with E-state index in [4.69, 9.17) is 9.26 Å². The highest BCUT2D eigenvalue weighted by Gasteiger charge is 2.22. The Hall–Kier alpha value is -2.70. The molecule has 0 bridgehead atoms. The number of ether oxygens (including phenoxy) is 1. The molecule has 2 aromatic rings. The van der Waals surface area contributed by atoms with E-state index in [1.807, 2.05) is 20.8 Å². The molecule has 1 aromatic carbocycles. The van der Waals surface area contributed by atoms with E-state index in [-0.39, 0.29) is 29.4 Å². The zero-order valence-electron chi connectivity index (χ0n) is 14.5. The summed E-state index contributed by atoms with van der Waals surface area (Å²) in [4.78, 5) is 27.8. The Morgan fingerprint density at radius 3 is 2.58 bits per heavy atom. The lowest BCUT2D eigenvalue weighted by Gasteiger charge is -2.12. The number of rotatable bonds is 4. The first-order valence-electron chi connectivity index (χ1n) is 7.56. The summed E-state index contributed by atoms with van der Waals surface area (Å²) in [6.45, 7) is 8.93. The number of para-hydroxylation sites is 1. The second-order valence-electron chi connectivity index (χ2n) is 6.52. The number of nitrogens with zero attached hydrogens (tertiary/aromatic N) is 2. The van der Waals surface area contributed by atoms with Crippen molar-refractivity contribution in [2.24, 2.45) is 0 Å². The van der Waals surface area contributed by atoms with Crippen LogP contribution in [-0.2, 0) is 21.6 Å². The zero-order valence-corrected chi connectivity index (χ0v) is 14.5. The number of hydrogen-bond acceptors (Lipinski definition) is 6. The lowest BCUT2D eigenvalue weighted by atomic mass is 9.96. The summed E-state index contributed by atoms with van der Waals surface area (Å²) in [5, 5.41) is 6.53. The molecule has 1 N–H and O–H groups in total. The molecule has 0 saturated carbocycles. The molecule has 24 heavy (non-hydrogen) atoms. The van der Waals surface area contributed by atoms with Crippen LogP contribution in [0.25, 0.3) is 0 Å². The second-order valence-corrected chi connectivity index (χ2v) is 6.52. The fourth-order valence-corrected chi connectivity index (χ4v) is 2.00. The monoisotopic (exact) mass is 331 g/mol. The summed E-state index contributed by atoms with van der Waals surface area (Å²) in [6, 6.07) is 5.12. The smallest absolute Gasteiger partial charge is 0.340 e. The molecule has 0 atom stereocenters. The molecule has 0 saturated heterocycles. The van der Waals surface area contributed by atoms with Crippen molar-refractivity contribution in [1.82, 2.24) is 10.1 Å². The molecule has 1 aromatic heterocycles. The van der Waals surface area contributed by atoms with Crippen LogP contribution in [0.2, 0.25) is 0 Å². The maximum atomic E-state index is 12.3. The van der Waals surface area contributed by atoms with Crippen molar-refractivity contribution in [3.05, 3.63) is 41.0 Å². The molecule has 1 amide bonds. The molecule has 0 fully saturated rings. The fraction of sp³-hybridized carbons (Fsp3) is 0.412. The molecular formula is C17H21N3O4. The maximum Gasteiger partial charge on any atom is 0.340 e. The lowest BCUT2D eigenvalue weighted by molar-refractivity contribution is -0.114. The molecule has 1 heterocycles. The van der Waals surface area contributed by atoms with Gasteiger partial charge in [-0.1, -0.05) is 38.1 Å². The Balaban J connectivity index is 2.12. The van der Waals surface area contributed by atoms with E-state index >= 15 is 0 Å². The Labute approximate surface area is 140 Å². The predicted octanol–water partition coefficient (Wildman–Crippen LogP) is 2.99. The quantitative estimate of drug-likeness (QED) is 0.866. The zero-order chi connectivity index (χ0) is 17.9. The second kappa shape index (κ2) is 6.82. The van der Waals surface area contributed by atoms with E-state index in [2.05, 4.69) is 15.5 Å².